The quantitative estimate of drug-likeness (QED) is 0.800. The van der Waals surface area contributed by atoms with E-state index in [1.54, 1.807) is 24.7 Å². The maximum absolute atomic E-state index is 13.1. The van der Waals surface area contributed by atoms with Gasteiger partial charge in [0.2, 0.25) is 5.91 Å². The normalized spacial score (nSPS) is 16.5. The molecule has 1 unspecified atom stereocenters. The molecule has 3 heterocycles. The van der Waals surface area contributed by atoms with Gasteiger partial charge in [0.25, 0.3) is 0 Å². The number of imidazole rings is 1. The van der Waals surface area contributed by atoms with Gasteiger partial charge < -0.3 is 9.88 Å². The predicted molar refractivity (Wildman–Crippen MR) is 90.2 cm³/mol. The summed E-state index contributed by atoms with van der Waals surface area (Å²) in [5.41, 5.74) is 3.47. The fourth-order valence-corrected chi connectivity index (χ4v) is 3.26. The molecule has 0 fully saturated rings. The largest absolute Gasteiger partial charge is 0.348 e. The lowest BCUT2D eigenvalue weighted by atomic mass is 9.98. The summed E-state index contributed by atoms with van der Waals surface area (Å²) in [6.45, 7) is 0.594. The Kier molecular flexibility index (Phi) is 4.01. The number of fused-ring (bicyclic) bond motifs is 1. The van der Waals surface area contributed by atoms with E-state index < -0.39 is 0 Å². The third-order valence-corrected chi connectivity index (χ3v) is 4.48. The van der Waals surface area contributed by atoms with Crippen molar-refractivity contribution in [1.29, 1.82) is 0 Å². The summed E-state index contributed by atoms with van der Waals surface area (Å²) in [5, 5.41) is 0. The Bertz CT molecular complexity index is 876. The second-order valence-electron chi connectivity index (χ2n) is 6.06. The minimum atomic E-state index is -0.304. The topological polar surface area (TPSA) is 61.9 Å². The number of aromatic nitrogens is 3. The van der Waals surface area contributed by atoms with Crippen molar-refractivity contribution >= 4 is 5.91 Å². The molecule has 126 valence electrons. The summed E-state index contributed by atoms with van der Waals surface area (Å²) >= 11 is 0. The van der Waals surface area contributed by atoms with Crippen molar-refractivity contribution in [3.63, 3.8) is 0 Å². The molecule has 0 bridgehead atoms. The van der Waals surface area contributed by atoms with Crippen LogP contribution < -0.4 is 0 Å². The molecule has 25 heavy (non-hydrogen) atoms. The number of carbonyl (C=O) groups excluding carboxylic acids is 1. The smallest absolute Gasteiger partial charge is 0.227 e. The van der Waals surface area contributed by atoms with E-state index in [1.165, 1.54) is 12.1 Å². The van der Waals surface area contributed by atoms with Gasteiger partial charge >= 0.3 is 0 Å². The number of nitrogens with zero attached hydrogens (tertiary/aromatic N) is 3. The SMILES string of the molecule is O=C(Cc1ccc(F)cc1)N1CCc2[nH]cnc2C1c1ccccn1. The van der Waals surface area contributed by atoms with Crippen LogP contribution in [0, 0.1) is 5.82 Å². The van der Waals surface area contributed by atoms with Gasteiger partial charge in [-0.05, 0) is 29.8 Å². The average Bonchev–Trinajstić information content (AvgIpc) is 3.12. The molecule has 1 atom stereocenters. The van der Waals surface area contributed by atoms with E-state index >= 15 is 0 Å². The van der Waals surface area contributed by atoms with Crippen LogP contribution in [0.25, 0.3) is 0 Å². The lowest BCUT2D eigenvalue weighted by Gasteiger charge is -2.34. The molecule has 0 saturated heterocycles. The lowest BCUT2D eigenvalue weighted by molar-refractivity contribution is -0.132. The summed E-state index contributed by atoms with van der Waals surface area (Å²) in [7, 11) is 0. The van der Waals surface area contributed by atoms with Gasteiger partial charge in [-0.1, -0.05) is 18.2 Å². The Morgan fingerprint density at radius 3 is 2.80 bits per heavy atom. The standard InChI is InChI=1S/C19H17FN4O/c20-14-6-4-13(5-7-14)11-17(25)24-10-8-15-18(23-12-22-15)19(24)16-3-1-2-9-21-16/h1-7,9,12,19H,8,10-11H2,(H,22,23). The zero-order chi connectivity index (χ0) is 17.2. The average molecular weight is 336 g/mol. The van der Waals surface area contributed by atoms with Crippen molar-refractivity contribution in [3.8, 4) is 0 Å². The first-order chi connectivity index (χ1) is 12.2. The van der Waals surface area contributed by atoms with Gasteiger partial charge in [0.1, 0.15) is 11.9 Å². The molecule has 0 spiro atoms. The molecule has 1 aliphatic rings. The number of hydrogen-bond donors (Lipinski definition) is 1. The number of aromatic amines is 1. The Hall–Kier alpha value is -3.02. The molecule has 5 nitrogen and oxygen atoms in total. The summed E-state index contributed by atoms with van der Waals surface area (Å²) in [5.74, 6) is -0.322. The van der Waals surface area contributed by atoms with E-state index in [0.717, 1.165) is 29.1 Å². The molecular formula is C19H17FN4O. The molecule has 0 saturated carbocycles. The summed E-state index contributed by atoms with van der Waals surface area (Å²) in [4.78, 5) is 26.8. The molecule has 6 heteroatoms. The molecule has 1 N–H and O–H groups in total. The third kappa shape index (κ3) is 3.03. The van der Waals surface area contributed by atoms with E-state index in [4.69, 9.17) is 0 Å². The molecule has 0 aliphatic carbocycles. The van der Waals surface area contributed by atoms with E-state index in [9.17, 15) is 9.18 Å². The first-order valence-electron chi connectivity index (χ1n) is 8.19. The third-order valence-electron chi connectivity index (χ3n) is 4.48. The predicted octanol–water partition coefficient (Wildman–Crippen LogP) is 2.66. The number of rotatable bonds is 3. The summed E-state index contributed by atoms with van der Waals surface area (Å²) in [6.07, 6.45) is 4.34. The molecule has 1 amide bonds. The van der Waals surface area contributed by atoms with Crippen LogP contribution in [0.15, 0.2) is 55.0 Å². The summed E-state index contributed by atoms with van der Waals surface area (Å²) in [6, 6.07) is 11.4. The number of pyridine rings is 1. The van der Waals surface area contributed by atoms with E-state index in [1.807, 2.05) is 23.1 Å². The Morgan fingerprint density at radius 1 is 1.20 bits per heavy atom. The number of amides is 1. The summed E-state index contributed by atoms with van der Waals surface area (Å²) < 4.78 is 13.1. The zero-order valence-corrected chi connectivity index (χ0v) is 13.5. The van der Waals surface area contributed by atoms with Crippen molar-refractivity contribution in [2.24, 2.45) is 0 Å². The van der Waals surface area contributed by atoms with Crippen LogP contribution in [-0.4, -0.2) is 32.3 Å². The zero-order valence-electron chi connectivity index (χ0n) is 13.5. The highest BCUT2D eigenvalue weighted by atomic mass is 19.1. The van der Waals surface area contributed by atoms with Crippen LogP contribution in [-0.2, 0) is 17.6 Å². The van der Waals surface area contributed by atoms with E-state index in [0.29, 0.717) is 6.54 Å². The van der Waals surface area contributed by atoms with Crippen LogP contribution in [0.4, 0.5) is 4.39 Å². The Labute approximate surface area is 144 Å². The molecule has 1 aliphatic heterocycles. The highest BCUT2D eigenvalue weighted by molar-refractivity contribution is 5.80. The minimum absolute atomic E-state index is 0.0177. The van der Waals surface area contributed by atoms with Crippen molar-refractivity contribution < 1.29 is 9.18 Å². The number of nitrogens with one attached hydrogen (secondary N) is 1. The number of H-pyrrole nitrogens is 1. The van der Waals surface area contributed by atoms with Gasteiger partial charge in [0, 0.05) is 24.9 Å². The minimum Gasteiger partial charge on any atom is -0.348 e. The van der Waals surface area contributed by atoms with Crippen LogP contribution in [0.1, 0.15) is 28.7 Å². The van der Waals surface area contributed by atoms with Gasteiger partial charge in [-0.3, -0.25) is 9.78 Å². The van der Waals surface area contributed by atoms with Crippen molar-refractivity contribution in [2.45, 2.75) is 18.9 Å². The molecule has 1 aromatic carbocycles. The van der Waals surface area contributed by atoms with Crippen LogP contribution in [0.2, 0.25) is 0 Å². The number of carbonyl (C=O) groups is 1. The monoisotopic (exact) mass is 336 g/mol. The van der Waals surface area contributed by atoms with Crippen molar-refractivity contribution in [2.75, 3.05) is 6.54 Å². The van der Waals surface area contributed by atoms with Gasteiger partial charge in [-0.25, -0.2) is 9.37 Å². The van der Waals surface area contributed by atoms with Gasteiger partial charge in [-0.2, -0.15) is 0 Å². The second kappa shape index (κ2) is 6.47. The highest BCUT2D eigenvalue weighted by Crippen LogP contribution is 2.32. The van der Waals surface area contributed by atoms with Gasteiger partial charge in [0.15, 0.2) is 0 Å². The Balaban J connectivity index is 1.65. The number of hydrogen-bond acceptors (Lipinski definition) is 3. The fraction of sp³-hybridized carbons (Fsp3) is 0.211. The van der Waals surface area contributed by atoms with Crippen molar-refractivity contribution in [3.05, 3.63) is 83.5 Å². The van der Waals surface area contributed by atoms with Crippen LogP contribution in [0.5, 0.6) is 0 Å². The second-order valence-corrected chi connectivity index (χ2v) is 6.06. The van der Waals surface area contributed by atoms with Crippen LogP contribution in [0.3, 0.4) is 0 Å². The fourth-order valence-electron chi connectivity index (χ4n) is 3.26. The molecule has 3 aromatic rings. The van der Waals surface area contributed by atoms with Crippen LogP contribution >= 0.6 is 0 Å². The maximum Gasteiger partial charge on any atom is 0.227 e. The van der Waals surface area contributed by atoms with E-state index in [-0.39, 0.29) is 24.2 Å². The van der Waals surface area contributed by atoms with Gasteiger partial charge in [-0.15, -0.1) is 0 Å². The van der Waals surface area contributed by atoms with Crippen molar-refractivity contribution in [1.82, 2.24) is 19.9 Å². The van der Waals surface area contributed by atoms with E-state index in [2.05, 4.69) is 15.0 Å². The lowest BCUT2D eigenvalue weighted by Crippen LogP contribution is -2.41. The molecular weight excluding hydrogens is 319 g/mol. The number of benzene rings is 1. The molecule has 0 radical (unpaired) electrons. The molecule has 4 rings (SSSR count). The number of halogens is 1. The first kappa shape index (κ1) is 15.5. The molecule has 2 aromatic heterocycles. The Morgan fingerprint density at radius 2 is 2.04 bits per heavy atom. The highest BCUT2D eigenvalue weighted by Gasteiger charge is 2.34. The maximum atomic E-state index is 13.1. The first-order valence-corrected chi connectivity index (χ1v) is 8.19. The van der Waals surface area contributed by atoms with Gasteiger partial charge in [0.05, 0.1) is 24.1 Å².